The Morgan fingerprint density at radius 1 is 1.35 bits per heavy atom. The second-order valence-electron chi connectivity index (χ2n) is 5.87. The van der Waals surface area contributed by atoms with Crippen molar-refractivity contribution in [2.75, 3.05) is 17.7 Å². The molecule has 3 rings (SSSR count). The molecule has 4 heteroatoms. The first kappa shape index (κ1) is 13.3. The topological polar surface area (TPSA) is 64.3 Å². The van der Waals surface area contributed by atoms with E-state index in [1.807, 2.05) is 12.1 Å². The number of hydrogen-bond acceptors (Lipinski definition) is 4. The van der Waals surface area contributed by atoms with Crippen LogP contribution in [0.2, 0.25) is 0 Å². The predicted octanol–water partition coefficient (Wildman–Crippen LogP) is 3.05. The molecule has 2 saturated carbocycles. The van der Waals surface area contributed by atoms with Crippen LogP contribution < -0.4 is 11.1 Å². The van der Waals surface area contributed by atoms with Gasteiger partial charge in [0.05, 0.1) is 12.2 Å². The summed E-state index contributed by atoms with van der Waals surface area (Å²) >= 11 is 0. The smallest absolute Gasteiger partial charge is 0.340 e. The minimum atomic E-state index is -0.344. The van der Waals surface area contributed by atoms with E-state index < -0.39 is 0 Å². The number of esters is 1. The van der Waals surface area contributed by atoms with Gasteiger partial charge in [0.25, 0.3) is 0 Å². The fourth-order valence-corrected chi connectivity index (χ4v) is 2.76. The molecule has 0 heterocycles. The van der Waals surface area contributed by atoms with Gasteiger partial charge < -0.3 is 15.8 Å². The van der Waals surface area contributed by atoms with Crippen LogP contribution in [-0.2, 0) is 4.74 Å². The summed E-state index contributed by atoms with van der Waals surface area (Å²) in [4.78, 5) is 11.9. The number of carbonyl (C=O) groups excluding carboxylic acids is 1. The molecule has 2 aliphatic rings. The Bertz CT molecular complexity index is 495. The van der Waals surface area contributed by atoms with E-state index >= 15 is 0 Å². The Balaban J connectivity index is 1.75. The zero-order valence-electron chi connectivity index (χ0n) is 11.9. The Labute approximate surface area is 119 Å². The van der Waals surface area contributed by atoms with Crippen LogP contribution in [0.5, 0.6) is 0 Å². The minimum absolute atomic E-state index is 0.344. The van der Waals surface area contributed by atoms with Crippen LogP contribution >= 0.6 is 0 Å². The molecule has 0 amide bonds. The molecule has 108 valence electrons. The maximum atomic E-state index is 11.9. The van der Waals surface area contributed by atoms with Gasteiger partial charge in [-0.05, 0) is 62.6 Å². The number of nitrogens with one attached hydrogen (secondary N) is 1. The molecule has 4 nitrogen and oxygen atoms in total. The fourth-order valence-electron chi connectivity index (χ4n) is 2.76. The van der Waals surface area contributed by atoms with Crippen molar-refractivity contribution < 1.29 is 9.53 Å². The molecule has 20 heavy (non-hydrogen) atoms. The highest BCUT2D eigenvalue weighted by Crippen LogP contribution is 2.45. The predicted molar refractivity (Wildman–Crippen MR) is 79.7 cm³/mol. The van der Waals surface area contributed by atoms with Crippen molar-refractivity contribution in [1.82, 2.24) is 0 Å². The molecule has 1 aromatic carbocycles. The highest BCUT2D eigenvalue weighted by molar-refractivity contribution is 5.96. The highest BCUT2D eigenvalue weighted by Gasteiger charge is 2.41. The Morgan fingerprint density at radius 3 is 2.55 bits per heavy atom. The van der Waals surface area contributed by atoms with E-state index in [1.165, 1.54) is 25.7 Å². The standard InChI is InChI=1S/C16H22N2O2/c1-2-20-16(19)13-9-12(7-8-14(13)17)18-15(10-3-4-10)11-5-6-11/h7-11,15,18H,2-6,17H2,1H3. The lowest BCUT2D eigenvalue weighted by molar-refractivity contribution is 0.0527. The summed E-state index contributed by atoms with van der Waals surface area (Å²) in [5.41, 5.74) is 7.78. The molecule has 2 fully saturated rings. The fraction of sp³-hybridized carbons (Fsp3) is 0.562. The number of hydrogen-bond donors (Lipinski definition) is 2. The van der Waals surface area contributed by atoms with Crippen LogP contribution in [0.1, 0.15) is 43.0 Å². The van der Waals surface area contributed by atoms with E-state index in [-0.39, 0.29) is 5.97 Å². The monoisotopic (exact) mass is 274 g/mol. The summed E-state index contributed by atoms with van der Waals surface area (Å²) in [5.74, 6) is 1.28. The number of nitrogens with two attached hydrogens (primary N) is 1. The van der Waals surface area contributed by atoms with Crippen LogP contribution in [0.3, 0.4) is 0 Å². The van der Waals surface area contributed by atoms with Gasteiger partial charge in [-0.1, -0.05) is 0 Å². The van der Waals surface area contributed by atoms with E-state index in [2.05, 4.69) is 5.32 Å². The first-order chi connectivity index (χ1) is 9.69. The van der Waals surface area contributed by atoms with Gasteiger partial charge >= 0.3 is 5.97 Å². The molecular formula is C16H22N2O2. The van der Waals surface area contributed by atoms with Gasteiger partial charge in [0.2, 0.25) is 0 Å². The molecule has 0 unspecified atom stereocenters. The van der Waals surface area contributed by atoms with Gasteiger partial charge in [-0.2, -0.15) is 0 Å². The first-order valence-electron chi connectivity index (χ1n) is 7.52. The van der Waals surface area contributed by atoms with Gasteiger partial charge in [-0.3, -0.25) is 0 Å². The third kappa shape index (κ3) is 2.89. The quantitative estimate of drug-likeness (QED) is 0.618. The second-order valence-corrected chi connectivity index (χ2v) is 5.87. The lowest BCUT2D eigenvalue weighted by atomic mass is 10.1. The summed E-state index contributed by atoms with van der Waals surface area (Å²) in [6.07, 6.45) is 5.31. The van der Waals surface area contributed by atoms with Crippen LogP contribution in [0.15, 0.2) is 18.2 Å². The van der Waals surface area contributed by atoms with Gasteiger partial charge in [-0.15, -0.1) is 0 Å². The summed E-state index contributed by atoms with van der Waals surface area (Å²) in [5, 5.41) is 3.60. The third-order valence-corrected chi connectivity index (χ3v) is 4.14. The van der Waals surface area contributed by atoms with Crippen LogP contribution in [0.25, 0.3) is 0 Å². The van der Waals surface area contributed by atoms with Gasteiger partial charge in [0.1, 0.15) is 0 Å². The van der Waals surface area contributed by atoms with E-state index in [0.717, 1.165) is 17.5 Å². The third-order valence-electron chi connectivity index (χ3n) is 4.14. The van der Waals surface area contributed by atoms with Crippen LogP contribution in [0, 0.1) is 11.8 Å². The van der Waals surface area contributed by atoms with Gasteiger partial charge in [-0.25, -0.2) is 4.79 Å². The van der Waals surface area contributed by atoms with Crippen molar-refractivity contribution in [3.8, 4) is 0 Å². The van der Waals surface area contributed by atoms with Crippen LogP contribution in [-0.4, -0.2) is 18.6 Å². The number of ether oxygens (including phenoxy) is 1. The maximum absolute atomic E-state index is 11.9. The Kier molecular flexibility index (Phi) is 3.55. The van der Waals surface area contributed by atoms with Crippen molar-refractivity contribution in [3.63, 3.8) is 0 Å². The summed E-state index contributed by atoms with van der Waals surface area (Å²) in [7, 11) is 0. The zero-order chi connectivity index (χ0) is 14.1. The number of nitrogen functional groups attached to an aromatic ring is 1. The zero-order valence-corrected chi connectivity index (χ0v) is 11.9. The normalized spacial score (nSPS) is 18.1. The number of rotatable bonds is 6. The Morgan fingerprint density at radius 2 is 2.00 bits per heavy atom. The molecule has 0 aliphatic heterocycles. The van der Waals surface area contributed by atoms with E-state index in [1.54, 1.807) is 13.0 Å². The number of carbonyl (C=O) groups is 1. The summed E-state index contributed by atoms with van der Waals surface area (Å²) in [6, 6.07) is 6.13. The maximum Gasteiger partial charge on any atom is 0.340 e. The first-order valence-corrected chi connectivity index (χ1v) is 7.52. The lowest BCUT2D eigenvalue weighted by Crippen LogP contribution is -2.24. The van der Waals surface area contributed by atoms with Crippen molar-refractivity contribution in [3.05, 3.63) is 23.8 Å². The van der Waals surface area contributed by atoms with Crippen molar-refractivity contribution >= 4 is 17.3 Å². The molecule has 0 bridgehead atoms. The summed E-state index contributed by atoms with van der Waals surface area (Å²) in [6.45, 7) is 2.16. The van der Waals surface area contributed by atoms with E-state index in [4.69, 9.17) is 10.5 Å². The van der Waals surface area contributed by atoms with Crippen LogP contribution in [0.4, 0.5) is 11.4 Å². The van der Waals surface area contributed by atoms with Crippen molar-refractivity contribution in [2.45, 2.75) is 38.6 Å². The molecule has 0 aromatic heterocycles. The number of anilines is 2. The molecule has 0 radical (unpaired) electrons. The van der Waals surface area contributed by atoms with E-state index in [0.29, 0.717) is 23.9 Å². The van der Waals surface area contributed by atoms with E-state index in [9.17, 15) is 4.79 Å². The van der Waals surface area contributed by atoms with Crippen molar-refractivity contribution in [2.24, 2.45) is 11.8 Å². The van der Waals surface area contributed by atoms with Gasteiger partial charge in [0, 0.05) is 17.4 Å². The molecule has 1 aromatic rings. The number of benzene rings is 1. The molecule has 2 aliphatic carbocycles. The highest BCUT2D eigenvalue weighted by atomic mass is 16.5. The molecule has 0 saturated heterocycles. The minimum Gasteiger partial charge on any atom is -0.462 e. The van der Waals surface area contributed by atoms with Gasteiger partial charge in [0.15, 0.2) is 0 Å². The Hall–Kier alpha value is -1.71. The average Bonchev–Trinajstić information content (AvgIpc) is 3.29. The molecule has 3 N–H and O–H groups in total. The summed E-state index contributed by atoms with van der Waals surface area (Å²) < 4.78 is 5.04. The van der Waals surface area contributed by atoms with Crippen molar-refractivity contribution in [1.29, 1.82) is 0 Å². The largest absolute Gasteiger partial charge is 0.462 e. The SMILES string of the molecule is CCOC(=O)c1cc(NC(C2CC2)C2CC2)ccc1N. The second kappa shape index (κ2) is 5.35. The molecule has 0 spiro atoms. The lowest BCUT2D eigenvalue weighted by Gasteiger charge is -2.20. The average molecular weight is 274 g/mol. The molecular weight excluding hydrogens is 252 g/mol. The molecule has 0 atom stereocenters.